The topological polar surface area (TPSA) is 90.6 Å². The van der Waals surface area contributed by atoms with Gasteiger partial charge < -0.3 is 5.32 Å². The van der Waals surface area contributed by atoms with Gasteiger partial charge in [0.05, 0.1) is 0 Å². The van der Waals surface area contributed by atoms with Crippen molar-refractivity contribution in [3.8, 4) is 0 Å². The standard InChI is InChI=1S/C13H14Cl2N4O2/c1-2-9(5-7-3-4-8(14)6-10(7)15)16-12(20)11-17-13(21)19-18-11/h3-4,6,9H,2,5H2,1H3,(H,16,20)(H2,17,18,19,21)/t9-/m1/s1. The van der Waals surface area contributed by atoms with Gasteiger partial charge in [0.25, 0.3) is 5.91 Å². The maximum Gasteiger partial charge on any atom is 0.341 e. The number of rotatable bonds is 5. The minimum absolute atomic E-state index is 0.0411. The Hall–Kier alpha value is -1.79. The van der Waals surface area contributed by atoms with Crippen LogP contribution in [0.1, 0.15) is 29.5 Å². The molecule has 1 heterocycles. The monoisotopic (exact) mass is 328 g/mol. The first-order chi connectivity index (χ1) is 9.99. The lowest BCUT2D eigenvalue weighted by Crippen LogP contribution is -2.36. The Kier molecular flexibility index (Phi) is 5.03. The Balaban J connectivity index is 2.06. The molecule has 0 aliphatic heterocycles. The van der Waals surface area contributed by atoms with Crippen molar-refractivity contribution in [2.75, 3.05) is 0 Å². The fourth-order valence-corrected chi connectivity index (χ4v) is 2.37. The maximum absolute atomic E-state index is 11.9. The third kappa shape index (κ3) is 4.09. The SMILES string of the molecule is CC[C@H](Cc1ccc(Cl)cc1Cl)NC(=O)c1n[nH]c(=O)[nH]1. The van der Waals surface area contributed by atoms with E-state index in [1.165, 1.54) is 0 Å². The van der Waals surface area contributed by atoms with Gasteiger partial charge in [-0.15, -0.1) is 5.10 Å². The van der Waals surface area contributed by atoms with Crippen LogP contribution in [0.3, 0.4) is 0 Å². The summed E-state index contributed by atoms with van der Waals surface area (Å²) in [5, 5.41) is 9.67. The van der Waals surface area contributed by atoms with Crippen LogP contribution in [-0.2, 0) is 6.42 Å². The van der Waals surface area contributed by atoms with Crippen molar-refractivity contribution in [3.05, 3.63) is 50.1 Å². The lowest BCUT2D eigenvalue weighted by molar-refractivity contribution is 0.0925. The summed E-state index contributed by atoms with van der Waals surface area (Å²) in [6.07, 6.45) is 1.27. The minimum Gasteiger partial charge on any atom is -0.346 e. The van der Waals surface area contributed by atoms with Gasteiger partial charge in [0, 0.05) is 16.1 Å². The van der Waals surface area contributed by atoms with Gasteiger partial charge in [-0.2, -0.15) is 0 Å². The molecular weight excluding hydrogens is 315 g/mol. The highest BCUT2D eigenvalue weighted by Gasteiger charge is 2.16. The number of hydrogen-bond acceptors (Lipinski definition) is 3. The zero-order chi connectivity index (χ0) is 15.4. The van der Waals surface area contributed by atoms with E-state index in [0.717, 1.165) is 5.56 Å². The Morgan fingerprint density at radius 2 is 2.19 bits per heavy atom. The van der Waals surface area contributed by atoms with Gasteiger partial charge in [-0.25, -0.2) is 9.89 Å². The fraction of sp³-hybridized carbons (Fsp3) is 0.308. The van der Waals surface area contributed by atoms with E-state index in [1.807, 2.05) is 13.0 Å². The molecule has 0 unspecified atom stereocenters. The lowest BCUT2D eigenvalue weighted by atomic mass is 10.0. The number of H-pyrrole nitrogens is 2. The number of benzene rings is 1. The second-order valence-corrected chi connectivity index (χ2v) is 5.39. The highest BCUT2D eigenvalue weighted by molar-refractivity contribution is 6.35. The van der Waals surface area contributed by atoms with Crippen LogP contribution < -0.4 is 11.0 Å². The molecule has 1 atom stereocenters. The molecule has 8 heteroatoms. The van der Waals surface area contributed by atoms with Crippen LogP contribution in [-0.4, -0.2) is 27.1 Å². The molecular formula is C13H14Cl2N4O2. The van der Waals surface area contributed by atoms with Gasteiger partial charge >= 0.3 is 5.69 Å². The number of hydrogen-bond donors (Lipinski definition) is 3. The first-order valence-electron chi connectivity index (χ1n) is 6.39. The zero-order valence-corrected chi connectivity index (χ0v) is 12.8. The van der Waals surface area contributed by atoms with Crippen LogP contribution in [0.15, 0.2) is 23.0 Å². The number of carbonyl (C=O) groups is 1. The van der Waals surface area contributed by atoms with Crippen molar-refractivity contribution in [2.24, 2.45) is 0 Å². The van der Waals surface area contributed by atoms with E-state index in [2.05, 4.69) is 20.5 Å². The summed E-state index contributed by atoms with van der Waals surface area (Å²) in [7, 11) is 0. The third-order valence-electron chi connectivity index (χ3n) is 3.03. The number of aromatic nitrogens is 3. The van der Waals surface area contributed by atoms with Crippen molar-refractivity contribution >= 4 is 29.1 Å². The molecule has 3 N–H and O–H groups in total. The summed E-state index contributed by atoms with van der Waals surface area (Å²) < 4.78 is 0. The molecule has 6 nitrogen and oxygen atoms in total. The van der Waals surface area contributed by atoms with Crippen molar-refractivity contribution < 1.29 is 4.79 Å². The van der Waals surface area contributed by atoms with Gasteiger partial charge in [-0.05, 0) is 30.5 Å². The fourth-order valence-electron chi connectivity index (χ4n) is 1.88. The van der Waals surface area contributed by atoms with Crippen LogP contribution >= 0.6 is 23.2 Å². The van der Waals surface area contributed by atoms with E-state index in [-0.39, 0.29) is 11.9 Å². The largest absolute Gasteiger partial charge is 0.346 e. The van der Waals surface area contributed by atoms with E-state index in [0.29, 0.717) is 22.9 Å². The molecule has 0 fully saturated rings. The van der Waals surface area contributed by atoms with Gasteiger partial charge in [-0.3, -0.25) is 9.78 Å². The quantitative estimate of drug-likeness (QED) is 0.785. The Labute approximate surface area is 130 Å². The predicted octanol–water partition coefficient (Wildman–Crippen LogP) is 2.16. The van der Waals surface area contributed by atoms with Crippen LogP contribution in [0.2, 0.25) is 10.0 Å². The highest BCUT2D eigenvalue weighted by atomic mass is 35.5. The number of carbonyl (C=O) groups excluding carboxylic acids is 1. The van der Waals surface area contributed by atoms with Gasteiger partial charge in [0.15, 0.2) is 0 Å². The van der Waals surface area contributed by atoms with Crippen LogP contribution in [0.4, 0.5) is 0 Å². The summed E-state index contributed by atoms with van der Waals surface area (Å²) in [5.74, 6) is -0.481. The molecule has 1 aromatic heterocycles. The Bertz CT molecular complexity index is 695. The molecule has 21 heavy (non-hydrogen) atoms. The first kappa shape index (κ1) is 15.6. The number of nitrogens with one attached hydrogen (secondary N) is 3. The third-order valence-corrected chi connectivity index (χ3v) is 3.61. The van der Waals surface area contributed by atoms with E-state index < -0.39 is 11.6 Å². The Morgan fingerprint density at radius 1 is 1.43 bits per heavy atom. The summed E-state index contributed by atoms with van der Waals surface area (Å²) in [5.41, 5.74) is 0.373. The van der Waals surface area contributed by atoms with Crippen molar-refractivity contribution in [1.29, 1.82) is 0 Å². The molecule has 0 saturated carbocycles. The molecule has 0 saturated heterocycles. The Morgan fingerprint density at radius 3 is 2.76 bits per heavy atom. The lowest BCUT2D eigenvalue weighted by Gasteiger charge is -2.17. The second-order valence-electron chi connectivity index (χ2n) is 4.54. The summed E-state index contributed by atoms with van der Waals surface area (Å²) >= 11 is 12.0. The summed E-state index contributed by atoms with van der Waals surface area (Å²) in [6.45, 7) is 1.95. The number of nitrogens with zero attached hydrogens (tertiary/aromatic N) is 1. The molecule has 2 rings (SSSR count). The van der Waals surface area contributed by atoms with E-state index in [1.54, 1.807) is 12.1 Å². The van der Waals surface area contributed by atoms with Gasteiger partial charge in [0.1, 0.15) is 0 Å². The van der Waals surface area contributed by atoms with Crippen molar-refractivity contribution in [3.63, 3.8) is 0 Å². The molecule has 112 valence electrons. The molecule has 1 amide bonds. The second kappa shape index (κ2) is 6.78. The molecule has 0 aliphatic rings. The highest BCUT2D eigenvalue weighted by Crippen LogP contribution is 2.22. The molecule has 0 spiro atoms. The molecule has 2 aromatic rings. The number of aromatic amines is 2. The normalized spacial score (nSPS) is 12.1. The first-order valence-corrected chi connectivity index (χ1v) is 7.14. The van der Waals surface area contributed by atoms with Crippen LogP contribution in [0.25, 0.3) is 0 Å². The van der Waals surface area contributed by atoms with Crippen molar-refractivity contribution in [1.82, 2.24) is 20.5 Å². The molecule has 1 aromatic carbocycles. The van der Waals surface area contributed by atoms with E-state index >= 15 is 0 Å². The number of amides is 1. The number of halogens is 2. The van der Waals surface area contributed by atoms with Gasteiger partial charge in [0.2, 0.25) is 5.82 Å². The average Bonchev–Trinajstić information content (AvgIpc) is 2.87. The maximum atomic E-state index is 11.9. The minimum atomic E-state index is -0.519. The zero-order valence-electron chi connectivity index (χ0n) is 11.2. The summed E-state index contributed by atoms with van der Waals surface area (Å²) in [4.78, 5) is 25.2. The van der Waals surface area contributed by atoms with E-state index in [9.17, 15) is 9.59 Å². The van der Waals surface area contributed by atoms with Crippen LogP contribution in [0, 0.1) is 0 Å². The van der Waals surface area contributed by atoms with Gasteiger partial charge in [-0.1, -0.05) is 36.2 Å². The molecule has 0 radical (unpaired) electrons. The smallest absolute Gasteiger partial charge is 0.341 e. The van der Waals surface area contributed by atoms with Crippen molar-refractivity contribution in [2.45, 2.75) is 25.8 Å². The average molecular weight is 329 g/mol. The predicted molar refractivity (Wildman–Crippen MR) is 80.9 cm³/mol. The summed E-state index contributed by atoms with van der Waals surface area (Å²) in [6, 6.07) is 5.12. The van der Waals surface area contributed by atoms with E-state index in [4.69, 9.17) is 23.2 Å². The van der Waals surface area contributed by atoms with Crippen LogP contribution in [0.5, 0.6) is 0 Å². The molecule has 0 aliphatic carbocycles. The molecule has 0 bridgehead atoms.